The number of aromatic nitrogens is 4. The zero-order valence-electron chi connectivity index (χ0n) is 31.3. The smallest absolute Gasteiger partial charge is 0.263 e. The van der Waals surface area contributed by atoms with Crippen molar-refractivity contribution in [3.05, 3.63) is 75.3 Å². The number of rotatable bonds is 8. The van der Waals surface area contributed by atoms with E-state index in [1.165, 1.54) is 6.92 Å². The molecule has 5 aliphatic rings. The molecule has 288 valence electrons. The molecule has 4 amide bonds. The number of aryl methyl sites for hydroxylation is 1. The molecule has 1 saturated carbocycles. The molecule has 3 saturated heterocycles. The number of nitrogens with zero attached hydrogens (tertiary/aromatic N) is 8. The first-order chi connectivity index (χ1) is 27.0. The summed E-state index contributed by atoms with van der Waals surface area (Å²) < 4.78 is 1.70. The Morgan fingerprint density at radius 2 is 1.55 bits per heavy atom. The standard InChI is InChI=1S/C40H42N10O6/c1-22-30-19-42-40(45-35(30)49(24-5-3-4-6-24)39(56)34(22)23(2)51)43-32-11-8-26(18-41-32)46-13-15-47(16-14-46)27-20-48(21-27)25-7-9-28-29(17-25)38(55)50(37(28)54)31-10-12-33(52)44-36(31)53/h7-9,11,17-19,24,27,31H,3-6,10,12-16,20-21H2,1-2H3,(H,44,52,53)(H,41,42,43,45). The second kappa shape index (κ2) is 13.9. The highest BCUT2D eigenvalue weighted by Gasteiger charge is 2.45. The van der Waals surface area contributed by atoms with E-state index in [-0.39, 0.29) is 41.4 Å². The van der Waals surface area contributed by atoms with Crippen LogP contribution in [0.25, 0.3) is 11.0 Å². The third kappa shape index (κ3) is 6.08. The number of pyridine rings is 2. The van der Waals surface area contributed by atoms with Gasteiger partial charge in [-0.3, -0.25) is 48.5 Å². The molecule has 56 heavy (non-hydrogen) atoms. The molecule has 1 aromatic carbocycles. The molecule has 16 heteroatoms. The second-order valence-electron chi connectivity index (χ2n) is 15.4. The van der Waals surface area contributed by atoms with Crippen LogP contribution >= 0.6 is 0 Å². The molecule has 16 nitrogen and oxygen atoms in total. The maximum absolute atomic E-state index is 13.6. The third-order valence-electron chi connectivity index (χ3n) is 12.1. The number of piperazine rings is 1. The van der Waals surface area contributed by atoms with Crippen LogP contribution < -0.4 is 26.0 Å². The summed E-state index contributed by atoms with van der Waals surface area (Å²) in [7, 11) is 0. The van der Waals surface area contributed by atoms with Crippen molar-refractivity contribution in [1.82, 2.24) is 34.6 Å². The molecule has 9 rings (SSSR count). The predicted octanol–water partition coefficient (Wildman–Crippen LogP) is 2.97. The number of hydrogen-bond acceptors (Lipinski definition) is 13. The Labute approximate surface area is 321 Å². The minimum Gasteiger partial charge on any atom is -0.368 e. The summed E-state index contributed by atoms with van der Waals surface area (Å²) in [5, 5.41) is 6.13. The van der Waals surface area contributed by atoms with Crippen LogP contribution in [0.2, 0.25) is 0 Å². The van der Waals surface area contributed by atoms with E-state index < -0.39 is 29.7 Å². The van der Waals surface area contributed by atoms with E-state index in [0.717, 1.165) is 81.2 Å². The van der Waals surface area contributed by atoms with E-state index in [4.69, 9.17) is 4.98 Å². The van der Waals surface area contributed by atoms with Crippen LogP contribution in [0.4, 0.5) is 23.1 Å². The number of carbonyl (C=O) groups is 5. The number of piperidine rings is 1. The number of anilines is 4. The molecular weight excluding hydrogens is 717 g/mol. The van der Waals surface area contributed by atoms with Gasteiger partial charge in [-0.1, -0.05) is 12.8 Å². The predicted molar refractivity (Wildman–Crippen MR) is 206 cm³/mol. The Balaban J connectivity index is 0.808. The van der Waals surface area contributed by atoms with E-state index >= 15 is 0 Å². The van der Waals surface area contributed by atoms with Gasteiger partial charge in [-0.05, 0) is 69.0 Å². The summed E-state index contributed by atoms with van der Waals surface area (Å²) in [6.45, 7) is 8.25. The number of fused-ring (bicyclic) bond motifs is 2. The number of carbonyl (C=O) groups excluding carboxylic acids is 5. The summed E-state index contributed by atoms with van der Waals surface area (Å²) in [4.78, 5) is 98.4. The maximum Gasteiger partial charge on any atom is 0.263 e. The third-order valence-corrected chi connectivity index (χ3v) is 12.1. The Morgan fingerprint density at radius 1 is 0.821 bits per heavy atom. The topological polar surface area (TPSA) is 183 Å². The van der Waals surface area contributed by atoms with Crippen LogP contribution in [0.3, 0.4) is 0 Å². The number of Topliss-reactive ketones (excluding diaryl/α,β-unsaturated/α-hetero) is 1. The molecular formula is C40H42N10O6. The van der Waals surface area contributed by atoms with Crippen molar-refractivity contribution in [1.29, 1.82) is 0 Å². The van der Waals surface area contributed by atoms with Crippen molar-refractivity contribution < 1.29 is 24.0 Å². The van der Waals surface area contributed by atoms with Crippen molar-refractivity contribution in [3.63, 3.8) is 0 Å². The Kier molecular flexibility index (Phi) is 8.86. The van der Waals surface area contributed by atoms with Gasteiger partial charge in [0, 0.05) is 75.0 Å². The molecule has 1 aliphatic carbocycles. The lowest BCUT2D eigenvalue weighted by atomic mass is 10.0. The highest BCUT2D eigenvalue weighted by atomic mass is 16.2. The van der Waals surface area contributed by atoms with Gasteiger partial charge >= 0.3 is 0 Å². The number of hydrogen-bond donors (Lipinski definition) is 2. The van der Waals surface area contributed by atoms with Crippen LogP contribution in [0, 0.1) is 6.92 Å². The van der Waals surface area contributed by atoms with Gasteiger partial charge < -0.3 is 15.1 Å². The summed E-state index contributed by atoms with van der Waals surface area (Å²) in [5.74, 6) is -1.36. The molecule has 2 N–H and O–H groups in total. The van der Waals surface area contributed by atoms with Gasteiger partial charge in [0.1, 0.15) is 17.5 Å². The number of benzene rings is 1. The molecule has 0 radical (unpaired) electrons. The molecule has 0 spiro atoms. The first-order valence-electron chi connectivity index (χ1n) is 19.3. The number of nitrogens with one attached hydrogen (secondary N) is 2. The van der Waals surface area contributed by atoms with Gasteiger partial charge in [-0.2, -0.15) is 4.98 Å². The van der Waals surface area contributed by atoms with Gasteiger partial charge in [-0.25, -0.2) is 9.97 Å². The van der Waals surface area contributed by atoms with Gasteiger partial charge in [0.15, 0.2) is 5.78 Å². The van der Waals surface area contributed by atoms with Crippen LogP contribution in [0.1, 0.15) is 88.1 Å². The van der Waals surface area contributed by atoms with E-state index in [1.54, 1.807) is 29.8 Å². The first kappa shape index (κ1) is 35.7. The monoisotopic (exact) mass is 758 g/mol. The molecule has 1 unspecified atom stereocenters. The first-order valence-corrected chi connectivity index (χ1v) is 19.3. The van der Waals surface area contributed by atoms with Crippen molar-refractivity contribution in [2.24, 2.45) is 0 Å². The fourth-order valence-corrected chi connectivity index (χ4v) is 8.97. The SMILES string of the molecule is CC(=O)c1c(C)c2cnc(Nc3ccc(N4CCN(C5CN(c6ccc7c(c6)C(=O)N(C6CCC(=O)NC6=O)C7=O)C5)CC4)cn3)nc2n(C2CCCC2)c1=O. The average Bonchev–Trinajstić information content (AvgIpc) is 3.78. The van der Waals surface area contributed by atoms with Crippen molar-refractivity contribution in [2.45, 2.75) is 70.5 Å². The molecule has 7 heterocycles. The lowest BCUT2D eigenvalue weighted by Gasteiger charge is -2.49. The molecule has 1 atom stereocenters. The highest BCUT2D eigenvalue weighted by Crippen LogP contribution is 2.34. The van der Waals surface area contributed by atoms with Gasteiger partial charge in [0.05, 0.1) is 28.6 Å². The quantitative estimate of drug-likeness (QED) is 0.198. The van der Waals surface area contributed by atoms with E-state index in [9.17, 15) is 28.8 Å². The lowest BCUT2D eigenvalue weighted by Crippen LogP contribution is -2.63. The maximum atomic E-state index is 13.6. The Morgan fingerprint density at radius 3 is 2.25 bits per heavy atom. The molecule has 4 fully saturated rings. The largest absolute Gasteiger partial charge is 0.368 e. The molecule has 3 aromatic heterocycles. The van der Waals surface area contributed by atoms with E-state index in [2.05, 4.69) is 35.3 Å². The summed E-state index contributed by atoms with van der Waals surface area (Å²) in [6.07, 6.45) is 7.54. The van der Waals surface area contributed by atoms with Crippen LogP contribution in [-0.2, 0) is 9.59 Å². The van der Waals surface area contributed by atoms with Crippen molar-refractivity contribution >= 4 is 63.6 Å². The molecule has 0 bridgehead atoms. The normalized spacial score (nSPS) is 20.8. The fraction of sp³-hybridized carbons (Fsp3) is 0.425. The minimum absolute atomic E-state index is 0.00101. The number of imide groups is 2. The van der Waals surface area contributed by atoms with Crippen molar-refractivity contribution in [3.8, 4) is 0 Å². The fourth-order valence-electron chi connectivity index (χ4n) is 8.97. The average molecular weight is 759 g/mol. The number of ketones is 1. The Hall–Kier alpha value is -6.03. The van der Waals surface area contributed by atoms with Gasteiger partial charge in [0.25, 0.3) is 17.4 Å². The van der Waals surface area contributed by atoms with Crippen molar-refractivity contribution in [2.75, 3.05) is 54.4 Å². The summed E-state index contributed by atoms with van der Waals surface area (Å²) in [5.41, 5.74) is 3.50. The summed E-state index contributed by atoms with van der Waals surface area (Å²) >= 11 is 0. The van der Waals surface area contributed by atoms with Crippen LogP contribution in [-0.4, -0.2) is 110 Å². The van der Waals surface area contributed by atoms with E-state index in [0.29, 0.717) is 40.0 Å². The zero-order chi connectivity index (χ0) is 38.8. The van der Waals surface area contributed by atoms with Crippen LogP contribution in [0.15, 0.2) is 47.5 Å². The second-order valence-corrected chi connectivity index (χ2v) is 15.4. The zero-order valence-corrected chi connectivity index (χ0v) is 31.3. The lowest BCUT2D eigenvalue weighted by molar-refractivity contribution is -0.136. The van der Waals surface area contributed by atoms with E-state index in [1.807, 2.05) is 24.4 Å². The van der Waals surface area contributed by atoms with Gasteiger partial charge in [-0.15, -0.1) is 0 Å². The molecule has 4 aromatic rings. The molecule has 4 aliphatic heterocycles. The van der Waals surface area contributed by atoms with Gasteiger partial charge in [0.2, 0.25) is 17.8 Å². The number of amides is 4. The highest BCUT2D eigenvalue weighted by molar-refractivity contribution is 6.23. The summed E-state index contributed by atoms with van der Waals surface area (Å²) in [6, 6.07) is 8.55. The van der Waals surface area contributed by atoms with Crippen LogP contribution in [0.5, 0.6) is 0 Å². The Bertz CT molecular complexity index is 2380. The minimum atomic E-state index is -0.982.